The van der Waals surface area contributed by atoms with Crippen molar-refractivity contribution in [2.75, 3.05) is 12.8 Å². The minimum Gasteiger partial charge on any atom is -0.399 e. The monoisotopic (exact) mass is 228 g/mol. The first-order valence-corrected chi connectivity index (χ1v) is 5.67. The Balaban J connectivity index is 2.21. The molecule has 0 aliphatic heterocycles. The summed E-state index contributed by atoms with van der Waals surface area (Å²) < 4.78 is 0. The minimum atomic E-state index is 0.758. The Labute approximate surface area is 102 Å². The molecule has 2 rings (SSSR count). The van der Waals surface area contributed by atoms with Crippen molar-refractivity contribution in [3.63, 3.8) is 0 Å². The first kappa shape index (κ1) is 11.5. The van der Waals surface area contributed by atoms with Gasteiger partial charge in [0.05, 0.1) is 0 Å². The standard InChI is InChI=1S/C14H17N3/c1-17-13-6-2-10(3-7-13)8-11-4-5-12(15)9-14(11)16/h2,4-9,17H,3,15-16H2,1H3/p+1/b10-8-. The molecule has 0 heterocycles. The van der Waals surface area contributed by atoms with Crippen LogP contribution in [-0.2, 0) is 0 Å². The fraction of sp³-hybridized carbons (Fsp3) is 0.143. The fourth-order valence-corrected chi connectivity index (χ4v) is 1.82. The number of rotatable bonds is 2. The summed E-state index contributed by atoms with van der Waals surface area (Å²) in [5.74, 6) is 0. The van der Waals surface area contributed by atoms with Crippen molar-refractivity contribution in [1.29, 1.82) is 0 Å². The highest BCUT2D eigenvalue weighted by atomic mass is 14.8. The Morgan fingerprint density at radius 3 is 2.76 bits per heavy atom. The van der Waals surface area contributed by atoms with Gasteiger partial charge in [0.15, 0.2) is 0 Å². The minimum absolute atomic E-state index is 0.758. The van der Waals surface area contributed by atoms with Crippen LogP contribution < -0.4 is 16.8 Å². The summed E-state index contributed by atoms with van der Waals surface area (Å²) in [7, 11) is 1.93. The Hall–Kier alpha value is -2.00. The number of likely N-dealkylation sites (N-methyl/N-ethyl adjacent to an activating group) is 1. The predicted octanol–water partition coefficient (Wildman–Crippen LogP) is 1.59. The molecule has 0 bridgehead atoms. The number of allylic oxidation sites excluding steroid dienone is 4. The van der Waals surface area contributed by atoms with E-state index in [4.69, 9.17) is 5.73 Å². The molecule has 0 fully saturated rings. The molecule has 1 aliphatic carbocycles. The van der Waals surface area contributed by atoms with Gasteiger partial charge < -0.3 is 16.8 Å². The third kappa shape index (κ3) is 2.77. The summed E-state index contributed by atoms with van der Waals surface area (Å²) in [6.45, 7) is 0. The van der Waals surface area contributed by atoms with E-state index >= 15 is 0 Å². The number of nitrogen functional groups attached to an aromatic ring is 1. The molecule has 1 aromatic rings. The van der Waals surface area contributed by atoms with Crippen LogP contribution >= 0.6 is 0 Å². The van der Waals surface area contributed by atoms with Crippen molar-refractivity contribution in [1.82, 2.24) is 5.32 Å². The van der Waals surface area contributed by atoms with Crippen LogP contribution in [0.1, 0.15) is 12.0 Å². The molecule has 0 unspecified atom stereocenters. The molecule has 88 valence electrons. The molecular weight excluding hydrogens is 210 g/mol. The van der Waals surface area contributed by atoms with Gasteiger partial charge in [-0.05, 0) is 36.3 Å². The van der Waals surface area contributed by atoms with Crippen molar-refractivity contribution in [3.8, 4) is 0 Å². The summed E-state index contributed by atoms with van der Waals surface area (Å²) in [5, 5.41) is 3.13. The van der Waals surface area contributed by atoms with E-state index in [0.717, 1.165) is 29.1 Å². The van der Waals surface area contributed by atoms with Gasteiger partial charge in [-0.3, -0.25) is 0 Å². The predicted molar refractivity (Wildman–Crippen MR) is 72.3 cm³/mol. The molecule has 0 radical (unpaired) electrons. The van der Waals surface area contributed by atoms with E-state index < -0.39 is 0 Å². The van der Waals surface area contributed by atoms with E-state index in [1.165, 1.54) is 5.57 Å². The number of hydrogen-bond acceptors (Lipinski definition) is 2. The molecule has 0 saturated heterocycles. The van der Waals surface area contributed by atoms with Crippen molar-refractivity contribution in [2.24, 2.45) is 0 Å². The molecular formula is C14H18N3+. The molecule has 1 aliphatic rings. The van der Waals surface area contributed by atoms with E-state index in [-0.39, 0.29) is 0 Å². The van der Waals surface area contributed by atoms with Crippen molar-refractivity contribution in [2.45, 2.75) is 6.42 Å². The van der Waals surface area contributed by atoms with Crippen LogP contribution in [0.5, 0.6) is 0 Å². The van der Waals surface area contributed by atoms with Gasteiger partial charge >= 0.3 is 0 Å². The van der Waals surface area contributed by atoms with Crippen LogP contribution in [0.15, 0.2) is 47.7 Å². The number of quaternary nitrogens is 1. The van der Waals surface area contributed by atoms with E-state index in [9.17, 15) is 0 Å². The summed E-state index contributed by atoms with van der Waals surface area (Å²) >= 11 is 0. The van der Waals surface area contributed by atoms with Crippen LogP contribution in [0.2, 0.25) is 0 Å². The average Bonchev–Trinajstić information content (AvgIpc) is 2.34. The van der Waals surface area contributed by atoms with E-state index in [2.05, 4.69) is 35.4 Å². The van der Waals surface area contributed by atoms with Crippen LogP contribution in [0.25, 0.3) is 6.08 Å². The number of nitrogens with two attached hydrogens (primary N) is 1. The van der Waals surface area contributed by atoms with E-state index in [1.807, 2.05) is 25.2 Å². The van der Waals surface area contributed by atoms with Gasteiger partial charge in [0, 0.05) is 30.1 Å². The highest BCUT2D eigenvalue weighted by Gasteiger charge is 2.03. The van der Waals surface area contributed by atoms with Crippen molar-refractivity contribution < 1.29 is 5.73 Å². The first-order chi connectivity index (χ1) is 8.19. The van der Waals surface area contributed by atoms with Crippen LogP contribution in [0.4, 0.5) is 11.4 Å². The quantitative estimate of drug-likeness (QED) is 0.673. The van der Waals surface area contributed by atoms with Gasteiger partial charge in [-0.1, -0.05) is 12.2 Å². The Bertz CT molecular complexity index is 510. The second kappa shape index (κ2) is 4.89. The number of hydrogen-bond donors (Lipinski definition) is 3. The SMILES string of the molecule is CNC1=CC/C(=C\c2ccc(N)cc2[NH3+])C=C1. The van der Waals surface area contributed by atoms with Crippen LogP contribution in [0.3, 0.4) is 0 Å². The fourth-order valence-electron chi connectivity index (χ4n) is 1.82. The molecule has 3 nitrogen and oxygen atoms in total. The number of anilines is 1. The van der Waals surface area contributed by atoms with Gasteiger partial charge in [-0.15, -0.1) is 0 Å². The van der Waals surface area contributed by atoms with Crippen LogP contribution in [-0.4, -0.2) is 7.05 Å². The lowest BCUT2D eigenvalue weighted by Gasteiger charge is -2.09. The third-order valence-corrected chi connectivity index (χ3v) is 2.83. The number of nitrogens with one attached hydrogen (secondary N) is 1. The lowest BCUT2D eigenvalue weighted by atomic mass is 10.0. The van der Waals surface area contributed by atoms with E-state index in [1.54, 1.807) is 0 Å². The second-order valence-electron chi connectivity index (χ2n) is 4.12. The smallest absolute Gasteiger partial charge is 0.137 e. The Morgan fingerprint density at radius 1 is 1.35 bits per heavy atom. The zero-order valence-electron chi connectivity index (χ0n) is 10.0. The zero-order chi connectivity index (χ0) is 12.3. The van der Waals surface area contributed by atoms with Gasteiger partial charge in [-0.25, -0.2) is 0 Å². The maximum Gasteiger partial charge on any atom is 0.137 e. The normalized spacial score (nSPS) is 17.1. The van der Waals surface area contributed by atoms with E-state index in [0.29, 0.717) is 0 Å². The molecule has 0 amide bonds. The third-order valence-electron chi connectivity index (χ3n) is 2.83. The maximum atomic E-state index is 5.70. The zero-order valence-corrected chi connectivity index (χ0v) is 10.0. The summed E-state index contributed by atoms with van der Waals surface area (Å²) in [4.78, 5) is 0. The van der Waals surface area contributed by atoms with Crippen molar-refractivity contribution >= 4 is 17.5 Å². The second-order valence-corrected chi connectivity index (χ2v) is 4.12. The van der Waals surface area contributed by atoms with Crippen LogP contribution in [0, 0.1) is 0 Å². The molecule has 0 spiro atoms. The summed E-state index contributed by atoms with van der Waals surface area (Å²) in [6, 6.07) is 5.81. The molecule has 6 N–H and O–H groups in total. The lowest BCUT2D eigenvalue weighted by molar-refractivity contribution is -0.254. The first-order valence-electron chi connectivity index (χ1n) is 5.67. The largest absolute Gasteiger partial charge is 0.399 e. The molecule has 0 aromatic heterocycles. The Kier molecular flexibility index (Phi) is 3.30. The highest BCUT2D eigenvalue weighted by molar-refractivity contribution is 5.68. The number of benzene rings is 1. The van der Waals surface area contributed by atoms with Gasteiger partial charge in [0.1, 0.15) is 5.69 Å². The van der Waals surface area contributed by atoms with Gasteiger partial charge in [-0.2, -0.15) is 0 Å². The van der Waals surface area contributed by atoms with Gasteiger partial charge in [0.25, 0.3) is 0 Å². The van der Waals surface area contributed by atoms with Crippen molar-refractivity contribution in [3.05, 3.63) is 53.3 Å². The summed E-state index contributed by atoms with van der Waals surface area (Å²) in [5.41, 5.74) is 15.0. The molecule has 0 saturated carbocycles. The van der Waals surface area contributed by atoms with Gasteiger partial charge in [0.2, 0.25) is 0 Å². The maximum absolute atomic E-state index is 5.70. The topological polar surface area (TPSA) is 65.7 Å². The summed E-state index contributed by atoms with van der Waals surface area (Å²) in [6.07, 6.45) is 9.47. The molecule has 0 atom stereocenters. The lowest BCUT2D eigenvalue weighted by Crippen LogP contribution is -2.41. The average molecular weight is 228 g/mol. The highest BCUT2D eigenvalue weighted by Crippen LogP contribution is 2.21. The molecule has 1 aromatic carbocycles. The molecule has 3 heteroatoms. The Morgan fingerprint density at radius 2 is 2.18 bits per heavy atom. The molecule has 17 heavy (non-hydrogen) atoms.